The van der Waals surface area contributed by atoms with E-state index >= 15 is 0 Å². The van der Waals surface area contributed by atoms with Crippen LogP contribution in [0.1, 0.15) is 21.5 Å². The molecule has 0 amide bonds. The Hall–Kier alpha value is -1.43. The summed E-state index contributed by atoms with van der Waals surface area (Å²) < 4.78 is 0. The monoisotopic (exact) mass is 371 g/mol. The van der Waals surface area contributed by atoms with Crippen molar-refractivity contribution in [3.05, 3.63) is 80.1 Å². The van der Waals surface area contributed by atoms with Crippen LogP contribution in [0.3, 0.4) is 0 Å². The normalized spacial score (nSPS) is 7.09. The zero-order chi connectivity index (χ0) is 13.4. The second-order valence-corrected chi connectivity index (χ2v) is 3.60. The van der Waals surface area contributed by atoms with Gasteiger partial charge in [-0.2, -0.15) is 5.26 Å². The molecule has 116 valence electrons. The number of aromatic hydroxyl groups is 1. The predicted octanol–water partition coefficient (Wildman–Crippen LogP) is 3.97. The number of nitrogens with zero attached hydrogens (tertiary/aromatic N) is 1. The smallest absolute Gasteiger partial charge is 0.153 e. The van der Waals surface area contributed by atoms with Gasteiger partial charge in [-0.05, 0) is 30.7 Å². The van der Waals surface area contributed by atoms with Gasteiger partial charge in [0.1, 0.15) is 5.75 Å². The summed E-state index contributed by atoms with van der Waals surface area (Å²) in [5, 5.41) is 17.3. The third kappa shape index (κ3) is 9.50. The summed E-state index contributed by atoms with van der Waals surface area (Å²) in [7, 11) is 0. The van der Waals surface area contributed by atoms with Crippen LogP contribution in [0.2, 0.25) is 0 Å². The van der Waals surface area contributed by atoms with Crippen LogP contribution in [0, 0.1) is 33.1 Å². The molecule has 0 fully saturated rings. The molecule has 1 N–H and O–H groups in total. The summed E-state index contributed by atoms with van der Waals surface area (Å²) in [6, 6.07) is 16.0. The molecule has 0 unspecified atom stereocenters. The molecule has 0 heterocycles. The molecule has 0 saturated heterocycles. The number of phenols is 1. The second-order valence-electron chi connectivity index (χ2n) is 3.60. The quantitative estimate of drug-likeness (QED) is 0.610. The molecule has 0 spiro atoms. The summed E-state index contributed by atoms with van der Waals surface area (Å²) >= 11 is 0. The third-order valence-electron chi connectivity index (χ3n) is 2.33. The van der Waals surface area contributed by atoms with E-state index in [1.807, 2.05) is 31.2 Å². The van der Waals surface area contributed by atoms with Crippen LogP contribution in [0.5, 0.6) is 5.75 Å². The molecule has 5 heteroatoms. The number of aldehydes is 1. The zero-order valence-corrected chi connectivity index (χ0v) is 15.7. The minimum absolute atomic E-state index is 0. The van der Waals surface area contributed by atoms with Gasteiger partial charge in [0.2, 0.25) is 0 Å². The molecule has 0 atom stereocenters. The minimum atomic E-state index is 0. The summed E-state index contributed by atoms with van der Waals surface area (Å²) in [5.74, 6) is 0.0347. The number of hydrogen-bond donors (Lipinski definition) is 1. The molecule has 2 rings (SSSR count). The fraction of sp³-hybridized carbons (Fsp3) is 0.0588. The van der Waals surface area contributed by atoms with Gasteiger partial charge in [-0.1, -0.05) is 30.3 Å². The number of aryl methyl sites for hydroxylation is 1. The average molecular weight is 371 g/mol. The Kier molecular flexibility index (Phi) is 20.8. The van der Waals surface area contributed by atoms with Gasteiger partial charge >= 0.3 is 0 Å². The van der Waals surface area contributed by atoms with Crippen LogP contribution < -0.4 is 0 Å². The van der Waals surface area contributed by atoms with E-state index in [4.69, 9.17) is 10.4 Å². The van der Waals surface area contributed by atoms with Crippen molar-refractivity contribution >= 4 is 6.29 Å². The van der Waals surface area contributed by atoms with E-state index in [-0.39, 0.29) is 57.7 Å². The maximum atomic E-state index is 10.1. The maximum absolute atomic E-state index is 10.1. The van der Waals surface area contributed by atoms with Crippen molar-refractivity contribution in [1.29, 1.82) is 5.26 Å². The fourth-order valence-corrected chi connectivity index (χ4v) is 1.29. The Bertz CT molecular complexity index is 581. The van der Waals surface area contributed by atoms with E-state index in [0.29, 0.717) is 11.8 Å². The first-order chi connectivity index (χ1) is 8.69. The largest absolute Gasteiger partial charge is 0.507 e. The molecule has 0 aliphatic heterocycles. The van der Waals surface area contributed by atoms with Crippen LogP contribution in [0.25, 0.3) is 0 Å². The van der Waals surface area contributed by atoms with E-state index in [2.05, 4.69) is 6.07 Å². The van der Waals surface area contributed by atoms with Crippen molar-refractivity contribution in [2.75, 3.05) is 0 Å². The second kappa shape index (κ2) is 15.9. The Morgan fingerprint density at radius 1 is 1.00 bits per heavy atom. The molecule has 0 aromatic heterocycles. The molecule has 22 heavy (non-hydrogen) atoms. The average Bonchev–Trinajstić information content (AvgIpc) is 2.41. The van der Waals surface area contributed by atoms with Crippen LogP contribution >= 0.6 is 0 Å². The van der Waals surface area contributed by atoms with Gasteiger partial charge in [0, 0.05) is 37.1 Å². The molecule has 2 radical (unpaired) electrons. The van der Waals surface area contributed by atoms with Crippen molar-refractivity contribution in [2.24, 2.45) is 0 Å². The Labute approximate surface area is 157 Å². The van der Waals surface area contributed by atoms with Crippen LogP contribution in [0.4, 0.5) is 0 Å². The molecule has 0 saturated carbocycles. The third-order valence-corrected chi connectivity index (χ3v) is 2.33. The summed E-state index contributed by atoms with van der Waals surface area (Å²) in [5.41, 5.74) is 2.13. The molecule has 2 aromatic carbocycles. The van der Waals surface area contributed by atoms with Gasteiger partial charge < -0.3 is 20.0 Å². The molecular weight excluding hydrogens is 352 g/mol. The Balaban J connectivity index is -0.000000125. The van der Waals surface area contributed by atoms with Gasteiger partial charge in [0.15, 0.2) is 6.29 Å². The summed E-state index contributed by atoms with van der Waals surface area (Å²) in [6.45, 7) is 1.93. The zero-order valence-electron chi connectivity index (χ0n) is 12.9. The SMILES string of the molecule is Cc1ccccc1C#N.O=Cc1ccccc1O.[CH3-].[CH3-].[V].[V]. The topological polar surface area (TPSA) is 61.1 Å². The van der Waals surface area contributed by atoms with E-state index in [0.717, 1.165) is 11.1 Å². The van der Waals surface area contributed by atoms with E-state index in [9.17, 15) is 4.79 Å². The van der Waals surface area contributed by atoms with Gasteiger partial charge in [-0.25, -0.2) is 0 Å². The molecule has 3 nitrogen and oxygen atoms in total. The summed E-state index contributed by atoms with van der Waals surface area (Å²) in [6.07, 6.45) is 0.620. The van der Waals surface area contributed by atoms with Gasteiger partial charge in [0.25, 0.3) is 0 Å². The standard InChI is InChI=1S/C8H7N.C7H6O2.2CH3.2V/c1-7-4-2-3-5-8(7)6-9;8-5-6-3-1-2-4-7(6)9;;;;/h2-5H,1H3;1-5,9H;2*1H3;;/q;;2*-1;;. The van der Waals surface area contributed by atoms with Crippen molar-refractivity contribution in [2.45, 2.75) is 6.92 Å². The first kappa shape index (κ1) is 28.7. The number of carbonyl (C=O) groups is 1. The fourth-order valence-electron chi connectivity index (χ4n) is 1.29. The van der Waals surface area contributed by atoms with Gasteiger partial charge in [-0.15, -0.1) is 0 Å². The van der Waals surface area contributed by atoms with E-state index < -0.39 is 0 Å². The first-order valence-corrected chi connectivity index (χ1v) is 5.38. The van der Waals surface area contributed by atoms with Crippen molar-refractivity contribution in [3.8, 4) is 11.8 Å². The first-order valence-electron chi connectivity index (χ1n) is 5.38. The minimum Gasteiger partial charge on any atom is -0.507 e. The van der Waals surface area contributed by atoms with Crippen molar-refractivity contribution in [3.63, 3.8) is 0 Å². The maximum Gasteiger partial charge on any atom is 0.153 e. The summed E-state index contributed by atoms with van der Waals surface area (Å²) in [4.78, 5) is 10.1. The Morgan fingerprint density at radius 3 is 1.86 bits per heavy atom. The van der Waals surface area contributed by atoms with E-state index in [1.165, 1.54) is 6.07 Å². The molecule has 0 bridgehead atoms. The predicted molar refractivity (Wildman–Crippen MR) is 82.2 cm³/mol. The van der Waals surface area contributed by atoms with Gasteiger partial charge in [0.05, 0.1) is 17.2 Å². The number of nitriles is 1. The van der Waals surface area contributed by atoms with Crippen molar-refractivity contribution in [1.82, 2.24) is 0 Å². The van der Waals surface area contributed by atoms with Gasteiger partial charge in [-0.3, -0.25) is 4.79 Å². The molecule has 0 aliphatic carbocycles. The van der Waals surface area contributed by atoms with Crippen LogP contribution in [0.15, 0.2) is 48.5 Å². The molecule has 0 aliphatic rings. The number of benzene rings is 2. The number of rotatable bonds is 1. The number of para-hydroxylation sites is 1. The van der Waals surface area contributed by atoms with Crippen LogP contribution in [-0.4, -0.2) is 11.4 Å². The van der Waals surface area contributed by atoms with Crippen LogP contribution in [-0.2, 0) is 37.1 Å². The molecular formula is C17H19NO2V2-2. The Morgan fingerprint density at radius 2 is 1.50 bits per heavy atom. The molecule has 2 aromatic rings. The number of carbonyl (C=O) groups excluding carboxylic acids is 1. The van der Waals surface area contributed by atoms with Crippen molar-refractivity contribution < 1.29 is 47.0 Å². The number of phenolic OH excluding ortho intramolecular Hbond substituents is 1. The van der Waals surface area contributed by atoms with E-state index in [1.54, 1.807) is 18.2 Å². The number of hydrogen-bond acceptors (Lipinski definition) is 3.